The molecule has 0 aliphatic heterocycles. The van der Waals surface area contributed by atoms with Crippen molar-refractivity contribution in [2.24, 2.45) is 5.92 Å². The lowest BCUT2D eigenvalue weighted by molar-refractivity contribution is -0.120. The molecule has 16 heavy (non-hydrogen) atoms. The van der Waals surface area contributed by atoms with E-state index in [4.69, 9.17) is 5.26 Å². The van der Waals surface area contributed by atoms with E-state index in [1.165, 1.54) is 32.1 Å². The van der Waals surface area contributed by atoms with Crippen molar-refractivity contribution in [3.8, 4) is 6.07 Å². The van der Waals surface area contributed by atoms with Crippen LogP contribution in [0.1, 0.15) is 39.0 Å². The van der Waals surface area contributed by atoms with E-state index < -0.39 is 0 Å². The molecule has 4 heteroatoms. The van der Waals surface area contributed by atoms with Crippen molar-refractivity contribution < 1.29 is 4.79 Å². The lowest BCUT2D eigenvalue weighted by Gasteiger charge is -2.31. The van der Waals surface area contributed by atoms with Gasteiger partial charge in [-0.25, -0.2) is 0 Å². The first-order chi connectivity index (χ1) is 7.77. The number of nitriles is 1. The van der Waals surface area contributed by atoms with Gasteiger partial charge in [0.2, 0.25) is 5.91 Å². The maximum absolute atomic E-state index is 11.3. The number of carbonyl (C=O) groups is 1. The minimum Gasteiger partial charge on any atom is -0.342 e. The highest BCUT2D eigenvalue weighted by Crippen LogP contribution is 2.26. The van der Waals surface area contributed by atoms with Crippen LogP contribution in [-0.2, 0) is 4.79 Å². The molecule has 1 saturated carbocycles. The van der Waals surface area contributed by atoms with Gasteiger partial charge < -0.3 is 10.6 Å². The summed E-state index contributed by atoms with van der Waals surface area (Å²) in [6.45, 7) is 2.64. The molecule has 0 radical (unpaired) electrons. The van der Waals surface area contributed by atoms with Crippen LogP contribution in [0.5, 0.6) is 0 Å². The molecule has 0 aromatic carbocycles. The normalized spacial score (nSPS) is 24.8. The molecule has 0 spiro atoms. The Morgan fingerprint density at radius 3 is 2.88 bits per heavy atom. The highest BCUT2D eigenvalue weighted by molar-refractivity contribution is 5.78. The zero-order chi connectivity index (χ0) is 11.8. The number of nitrogens with one attached hydrogen (secondary N) is 2. The van der Waals surface area contributed by atoms with Crippen molar-refractivity contribution in [1.82, 2.24) is 10.6 Å². The van der Waals surface area contributed by atoms with Crippen molar-refractivity contribution in [3.05, 3.63) is 0 Å². The lowest BCUT2D eigenvalue weighted by atomic mass is 9.83. The lowest BCUT2D eigenvalue weighted by Crippen LogP contribution is -2.43. The van der Waals surface area contributed by atoms with E-state index in [2.05, 4.69) is 17.6 Å². The highest BCUT2D eigenvalue weighted by atomic mass is 16.1. The molecule has 90 valence electrons. The first-order valence-electron chi connectivity index (χ1n) is 6.15. The van der Waals surface area contributed by atoms with Gasteiger partial charge in [0.1, 0.15) is 6.54 Å². The molecule has 1 aliphatic carbocycles. The summed E-state index contributed by atoms with van der Waals surface area (Å²) >= 11 is 0. The third-order valence-corrected chi connectivity index (χ3v) is 3.32. The van der Waals surface area contributed by atoms with Crippen LogP contribution in [-0.4, -0.2) is 25.0 Å². The van der Waals surface area contributed by atoms with E-state index in [9.17, 15) is 4.79 Å². The number of amides is 1. The first kappa shape index (κ1) is 13.0. The summed E-state index contributed by atoms with van der Waals surface area (Å²) < 4.78 is 0. The van der Waals surface area contributed by atoms with Crippen LogP contribution in [0, 0.1) is 17.2 Å². The Morgan fingerprint density at radius 1 is 1.44 bits per heavy atom. The van der Waals surface area contributed by atoms with Crippen molar-refractivity contribution in [1.29, 1.82) is 5.26 Å². The summed E-state index contributed by atoms with van der Waals surface area (Å²) in [5, 5.41) is 14.2. The molecule has 0 aromatic heterocycles. The van der Waals surface area contributed by atoms with Gasteiger partial charge in [-0.1, -0.05) is 26.2 Å². The number of carbonyl (C=O) groups excluding carboxylic acids is 1. The average molecular weight is 223 g/mol. The monoisotopic (exact) mass is 223 g/mol. The number of hydrogen-bond acceptors (Lipinski definition) is 3. The van der Waals surface area contributed by atoms with Crippen LogP contribution in [0.25, 0.3) is 0 Å². The van der Waals surface area contributed by atoms with Gasteiger partial charge in [-0.2, -0.15) is 5.26 Å². The van der Waals surface area contributed by atoms with Crippen LogP contribution < -0.4 is 10.6 Å². The summed E-state index contributed by atoms with van der Waals surface area (Å²) in [4.78, 5) is 11.3. The van der Waals surface area contributed by atoms with Gasteiger partial charge in [0, 0.05) is 6.04 Å². The Hall–Kier alpha value is -1.08. The zero-order valence-corrected chi connectivity index (χ0v) is 9.96. The Labute approximate surface area is 97.4 Å². The number of hydrogen-bond donors (Lipinski definition) is 2. The SMILES string of the molecule is CCC1CCCCC1NCC(=O)NCC#N. The maximum Gasteiger partial charge on any atom is 0.234 e. The average Bonchev–Trinajstić information content (AvgIpc) is 2.34. The van der Waals surface area contributed by atoms with Crippen LogP contribution in [0.2, 0.25) is 0 Å². The van der Waals surface area contributed by atoms with E-state index in [0.29, 0.717) is 18.5 Å². The van der Waals surface area contributed by atoms with E-state index in [1.807, 2.05) is 6.07 Å². The second kappa shape index (κ2) is 7.24. The molecule has 1 aliphatic rings. The molecule has 0 aromatic rings. The molecule has 2 atom stereocenters. The van der Waals surface area contributed by atoms with Gasteiger partial charge >= 0.3 is 0 Å². The second-order valence-electron chi connectivity index (χ2n) is 4.38. The Kier molecular flexibility index (Phi) is 5.87. The molecule has 0 bridgehead atoms. The molecule has 0 saturated heterocycles. The van der Waals surface area contributed by atoms with Crippen LogP contribution in [0.3, 0.4) is 0 Å². The van der Waals surface area contributed by atoms with E-state index in [0.717, 1.165) is 0 Å². The molecule has 1 rings (SSSR count). The van der Waals surface area contributed by atoms with Gasteiger partial charge in [0.05, 0.1) is 12.6 Å². The number of nitrogens with zero attached hydrogens (tertiary/aromatic N) is 1. The predicted molar refractivity (Wildman–Crippen MR) is 62.7 cm³/mol. The zero-order valence-electron chi connectivity index (χ0n) is 9.96. The minimum absolute atomic E-state index is 0.0815. The molecular weight excluding hydrogens is 202 g/mol. The smallest absolute Gasteiger partial charge is 0.234 e. The molecular formula is C12H21N3O. The van der Waals surface area contributed by atoms with E-state index >= 15 is 0 Å². The molecule has 2 unspecified atom stereocenters. The Morgan fingerprint density at radius 2 is 2.19 bits per heavy atom. The van der Waals surface area contributed by atoms with Crippen molar-refractivity contribution in [2.45, 2.75) is 45.1 Å². The van der Waals surface area contributed by atoms with Crippen LogP contribution >= 0.6 is 0 Å². The largest absolute Gasteiger partial charge is 0.342 e. The van der Waals surface area contributed by atoms with Gasteiger partial charge in [-0.15, -0.1) is 0 Å². The van der Waals surface area contributed by atoms with Gasteiger partial charge in [0.25, 0.3) is 0 Å². The van der Waals surface area contributed by atoms with Gasteiger partial charge in [-0.05, 0) is 18.8 Å². The van der Waals surface area contributed by atoms with E-state index in [-0.39, 0.29) is 12.5 Å². The van der Waals surface area contributed by atoms with Crippen LogP contribution in [0.15, 0.2) is 0 Å². The molecule has 1 amide bonds. The molecule has 0 heterocycles. The fourth-order valence-corrected chi connectivity index (χ4v) is 2.39. The molecule has 1 fully saturated rings. The van der Waals surface area contributed by atoms with Crippen molar-refractivity contribution in [2.75, 3.05) is 13.1 Å². The first-order valence-corrected chi connectivity index (χ1v) is 6.15. The summed E-state index contributed by atoms with van der Waals surface area (Å²) in [6, 6.07) is 2.38. The second-order valence-corrected chi connectivity index (χ2v) is 4.38. The Bertz CT molecular complexity index is 259. The summed E-state index contributed by atoms with van der Waals surface area (Å²) in [5.41, 5.74) is 0. The fourth-order valence-electron chi connectivity index (χ4n) is 2.39. The van der Waals surface area contributed by atoms with E-state index in [1.54, 1.807) is 0 Å². The molecule has 4 nitrogen and oxygen atoms in total. The van der Waals surface area contributed by atoms with Gasteiger partial charge in [-0.3, -0.25) is 4.79 Å². The maximum atomic E-state index is 11.3. The molecule has 2 N–H and O–H groups in total. The number of rotatable bonds is 5. The van der Waals surface area contributed by atoms with Crippen molar-refractivity contribution >= 4 is 5.91 Å². The third kappa shape index (κ3) is 4.19. The quantitative estimate of drug-likeness (QED) is 0.688. The van der Waals surface area contributed by atoms with Crippen molar-refractivity contribution in [3.63, 3.8) is 0 Å². The fraction of sp³-hybridized carbons (Fsp3) is 0.833. The predicted octanol–water partition coefficient (Wildman–Crippen LogP) is 1.18. The summed E-state index contributed by atoms with van der Waals surface area (Å²) in [7, 11) is 0. The minimum atomic E-state index is -0.0815. The Balaban J connectivity index is 2.24. The summed E-state index contributed by atoms with van der Waals surface area (Å²) in [5.74, 6) is 0.625. The third-order valence-electron chi connectivity index (χ3n) is 3.32. The standard InChI is InChI=1S/C12H21N3O/c1-2-10-5-3-4-6-11(10)15-9-12(16)14-8-7-13/h10-11,15H,2-6,8-9H2,1H3,(H,14,16). The highest BCUT2D eigenvalue weighted by Gasteiger charge is 2.23. The van der Waals surface area contributed by atoms with Gasteiger partial charge in [0.15, 0.2) is 0 Å². The van der Waals surface area contributed by atoms with Crippen LogP contribution in [0.4, 0.5) is 0 Å². The summed E-state index contributed by atoms with van der Waals surface area (Å²) in [6.07, 6.45) is 6.20. The topological polar surface area (TPSA) is 64.9 Å².